The van der Waals surface area contributed by atoms with E-state index in [0.717, 1.165) is 44.2 Å². The van der Waals surface area contributed by atoms with Crippen LogP contribution in [0.4, 0.5) is 0 Å². The van der Waals surface area contributed by atoms with Gasteiger partial charge in [-0.25, -0.2) is 0 Å². The number of amides is 1. The normalized spacial score (nSPS) is 29.9. The average molecular weight is 462 g/mol. The van der Waals surface area contributed by atoms with Crippen molar-refractivity contribution < 1.29 is 4.79 Å². The molecule has 25 heavy (non-hydrogen) atoms. The summed E-state index contributed by atoms with van der Waals surface area (Å²) in [5, 5.41) is 7.08. The SMILES string of the molecule is CCCC1CC1NC(=NC)NC1CCN(C(=O)C2CCCCC2)C1.I. The third-order valence-electron chi connectivity index (χ3n) is 5.92. The van der Waals surface area contributed by atoms with Gasteiger partial charge < -0.3 is 15.5 Å². The minimum atomic E-state index is 0. The predicted octanol–water partition coefficient (Wildman–Crippen LogP) is 3.14. The van der Waals surface area contributed by atoms with E-state index in [1.807, 2.05) is 7.05 Å². The van der Waals surface area contributed by atoms with Crippen LogP contribution in [0, 0.1) is 11.8 Å². The number of hydrogen-bond acceptors (Lipinski definition) is 2. The van der Waals surface area contributed by atoms with Crippen LogP contribution in [0.15, 0.2) is 4.99 Å². The Morgan fingerprint density at radius 2 is 1.92 bits per heavy atom. The van der Waals surface area contributed by atoms with Gasteiger partial charge in [0.05, 0.1) is 0 Å². The van der Waals surface area contributed by atoms with Crippen molar-refractivity contribution in [3.05, 3.63) is 0 Å². The maximum absolute atomic E-state index is 12.7. The number of carbonyl (C=O) groups excluding carboxylic acids is 1. The third kappa shape index (κ3) is 5.73. The van der Waals surface area contributed by atoms with E-state index in [1.165, 1.54) is 38.5 Å². The zero-order chi connectivity index (χ0) is 16.9. The number of aliphatic imine (C=N–C) groups is 1. The van der Waals surface area contributed by atoms with Crippen molar-refractivity contribution in [1.82, 2.24) is 15.5 Å². The maximum Gasteiger partial charge on any atom is 0.225 e. The Kier molecular flexibility index (Phi) is 8.29. The van der Waals surface area contributed by atoms with Crippen LogP contribution in [0.5, 0.6) is 0 Å². The monoisotopic (exact) mass is 462 g/mol. The molecule has 2 N–H and O–H groups in total. The van der Waals surface area contributed by atoms with Crippen LogP contribution in [0.1, 0.15) is 64.7 Å². The summed E-state index contributed by atoms with van der Waals surface area (Å²) in [5.41, 5.74) is 0. The second kappa shape index (κ2) is 9.97. The molecule has 0 aromatic carbocycles. The second-order valence-electron chi connectivity index (χ2n) is 7.86. The zero-order valence-electron chi connectivity index (χ0n) is 15.8. The van der Waals surface area contributed by atoms with Gasteiger partial charge in [0.25, 0.3) is 0 Å². The number of likely N-dealkylation sites (tertiary alicyclic amines) is 1. The highest BCUT2D eigenvalue weighted by molar-refractivity contribution is 14.0. The lowest BCUT2D eigenvalue weighted by Crippen LogP contribution is -2.46. The van der Waals surface area contributed by atoms with Gasteiger partial charge in [0, 0.05) is 38.1 Å². The van der Waals surface area contributed by atoms with Gasteiger partial charge in [0.15, 0.2) is 5.96 Å². The first-order chi connectivity index (χ1) is 11.7. The molecule has 3 unspecified atom stereocenters. The number of hydrogen-bond donors (Lipinski definition) is 2. The summed E-state index contributed by atoms with van der Waals surface area (Å²) in [4.78, 5) is 19.1. The van der Waals surface area contributed by atoms with E-state index in [-0.39, 0.29) is 29.9 Å². The van der Waals surface area contributed by atoms with E-state index in [9.17, 15) is 4.79 Å². The molecule has 1 amide bonds. The van der Waals surface area contributed by atoms with Crippen LogP contribution in [0.2, 0.25) is 0 Å². The molecular weight excluding hydrogens is 427 g/mol. The number of nitrogens with one attached hydrogen (secondary N) is 2. The minimum Gasteiger partial charge on any atom is -0.353 e. The number of halogens is 1. The standard InChI is InChI=1S/C19H34N4O.HI/c1-3-7-15-12-17(15)22-19(20-2)21-16-10-11-23(13-16)18(24)14-8-5-4-6-9-14;/h14-17H,3-13H2,1-2H3,(H2,20,21,22);1H. The molecule has 5 nitrogen and oxygen atoms in total. The lowest BCUT2D eigenvalue weighted by Gasteiger charge is -2.26. The topological polar surface area (TPSA) is 56.7 Å². The molecule has 0 aromatic heterocycles. The molecule has 144 valence electrons. The van der Waals surface area contributed by atoms with Crippen molar-refractivity contribution in [3.63, 3.8) is 0 Å². The van der Waals surface area contributed by atoms with E-state index in [4.69, 9.17) is 0 Å². The van der Waals surface area contributed by atoms with Crippen molar-refractivity contribution in [2.75, 3.05) is 20.1 Å². The van der Waals surface area contributed by atoms with E-state index in [2.05, 4.69) is 27.4 Å². The highest BCUT2D eigenvalue weighted by Gasteiger charge is 2.37. The fraction of sp³-hybridized carbons (Fsp3) is 0.895. The lowest BCUT2D eigenvalue weighted by atomic mass is 9.88. The Morgan fingerprint density at radius 1 is 1.16 bits per heavy atom. The Bertz CT molecular complexity index is 464. The summed E-state index contributed by atoms with van der Waals surface area (Å²) in [5.74, 6) is 2.42. The van der Waals surface area contributed by atoms with Gasteiger partial charge in [-0.3, -0.25) is 9.79 Å². The van der Waals surface area contributed by atoms with Crippen LogP contribution >= 0.6 is 24.0 Å². The van der Waals surface area contributed by atoms with Crippen molar-refractivity contribution in [2.24, 2.45) is 16.8 Å². The molecule has 3 fully saturated rings. The van der Waals surface area contributed by atoms with Crippen LogP contribution in [0.3, 0.4) is 0 Å². The van der Waals surface area contributed by atoms with Crippen molar-refractivity contribution in [1.29, 1.82) is 0 Å². The second-order valence-corrected chi connectivity index (χ2v) is 7.86. The molecule has 0 spiro atoms. The van der Waals surface area contributed by atoms with Gasteiger partial charge in [-0.15, -0.1) is 24.0 Å². The number of guanidine groups is 1. The maximum atomic E-state index is 12.7. The van der Waals surface area contributed by atoms with E-state index in [1.54, 1.807) is 0 Å². The van der Waals surface area contributed by atoms with Gasteiger partial charge in [-0.05, 0) is 38.0 Å². The minimum absolute atomic E-state index is 0. The molecule has 2 aliphatic carbocycles. The molecule has 3 aliphatic rings. The molecule has 3 atom stereocenters. The molecule has 3 rings (SSSR count). The molecule has 6 heteroatoms. The molecule has 0 radical (unpaired) electrons. The van der Waals surface area contributed by atoms with Crippen LogP contribution in [-0.4, -0.2) is 49.0 Å². The molecule has 0 bridgehead atoms. The van der Waals surface area contributed by atoms with Gasteiger partial charge in [-0.1, -0.05) is 32.6 Å². The third-order valence-corrected chi connectivity index (χ3v) is 5.92. The van der Waals surface area contributed by atoms with E-state index >= 15 is 0 Å². The number of rotatable bonds is 5. The Labute approximate surface area is 169 Å². The van der Waals surface area contributed by atoms with Crippen LogP contribution in [0.25, 0.3) is 0 Å². The predicted molar refractivity (Wildman–Crippen MR) is 113 cm³/mol. The van der Waals surface area contributed by atoms with Crippen molar-refractivity contribution in [2.45, 2.75) is 76.8 Å². The molecule has 2 saturated carbocycles. The quantitative estimate of drug-likeness (QED) is 0.375. The Hall–Kier alpha value is -0.530. The van der Waals surface area contributed by atoms with Crippen molar-refractivity contribution >= 4 is 35.8 Å². The summed E-state index contributed by atoms with van der Waals surface area (Å²) in [6.07, 6.45) is 10.8. The summed E-state index contributed by atoms with van der Waals surface area (Å²) >= 11 is 0. The smallest absolute Gasteiger partial charge is 0.225 e. The van der Waals surface area contributed by atoms with Crippen LogP contribution < -0.4 is 10.6 Å². The summed E-state index contributed by atoms with van der Waals surface area (Å²) in [7, 11) is 1.84. The Balaban J connectivity index is 0.00000225. The first-order valence-electron chi connectivity index (χ1n) is 10.00. The number of nitrogens with zero attached hydrogens (tertiary/aromatic N) is 2. The largest absolute Gasteiger partial charge is 0.353 e. The van der Waals surface area contributed by atoms with Gasteiger partial charge >= 0.3 is 0 Å². The van der Waals surface area contributed by atoms with Crippen LogP contribution in [-0.2, 0) is 4.79 Å². The Morgan fingerprint density at radius 3 is 2.60 bits per heavy atom. The van der Waals surface area contributed by atoms with Gasteiger partial charge in [0.2, 0.25) is 5.91 Å². The summed E-state index contributed by atoms with van der Waals surface area (Å²) in [6, 6.07) is 0.935. The molecule has 1 aliphatic heterocycles. The van der Waals surface area contributed by atoms with E-state index < -0.39 is 0 Å². The highest BCUT2D eigenvalue weighted by Crippen LogP contribution is 2.34. The van der Waals surface area contributed by atoms with Gasteiger partial charge in [-0.2, -0.15) is 0 Å². The zero-order valence-corrected chi connectivity index (χ0v) is 18.1. The van der Waals surface area contributed by atoms with Gasteiger partial charge in [0.1, 0.15) is 0 Å². The fourth-order valence-electron chi connectivity index (χ4n) is 4.34. The first-order valence-corrected chi connectivity index (χ1v) is 10.00. The summed E-state index contributed by atoms with van der Waals surface area (Å²) in [6.45, 7) is 3.98. The average Bonchev–Trinajstić information content (AvgIpc) is 3.17. The molecule has 1 saturated heterocycles. The molecule has 0 aromatic rings. The first kappa shape index (κ1) is 20.8. The fourth-order valence-corrected chi connectivity index (χ4v) is 4.34. The lowest BCUT2D eigenvalue weighted by molar-refractivity contribution is -0.135. The highest BCUT2D eigenvalue weighted by atomic mass is 127. The molecular formula is C19H35IN4O. The number of carbonyl (C=O) groups is 1. The molecule has 1 heterocycles. The van der Waals surface area contributed by atoms with Crippen molar-refractivity contribution in [3.8, 4) is 0 Å². The summed E-state index contributed by atoms with van der Waals surface area (Å²) < 4.78 is 0. The van der Waals surface area contributed by atoms with E-state index in [0.29, 0.717) is 18.0 Å².